The van der Waals surface area contributed by atoms with Crippen LogP contribution >= 0.6 is 11.6 Å². The molecule has 1 aromatic heterocycles. The average molecular weight is 257 g/mol. The van der Waals surface area contributed by atoms with Gasteiger partial charge in [0, 0.05) is 12.6 Å². The summed E-state index contributed by atoms with van der Waals surface area (Å²) in [6.07, 6.45) is 0. The number of rotatable bonds is 5. The van der Waals surface area contributed by atoms with Gasteiger partial charge in [-0.05, 0) is 33.0 Å². The Morgan fingerprint density at radius 2 is 2.18 bits per heavy atom. The summed E-state index contributed by atoms with van der Waals surface area (Å²) in [4.78, 5) is 13.4. The van der Waals surface area contributed by atoms with Crippen LogP contribution in [0.5, 0.6) is 0 Å². The number of hydrogen-bond acceptors (Lipinski definition) is 4. The molecule has 0 radical (unpaired) electrons. The predicted molar refractivity (Wildman–Crippen MR) is 66.7 cm³/mol. The van der Waals surface area contributed by atoms with E-state index in [2.05, 4.69) is 15.5 Å². The predicted octanol–water partition coefficient (Wildman–Crippen LogP) is 1.09. The van der Waals surface area contributed by atoms with Crippen LogP contribution < -0.4 is 5.32 Å². The van der Waals surface area contributed by atoms with Crippen molar-refractivity contribution in [3.8, 4) is 0 Å². The second kappa shape index (κ2) is 6.51. The van der Waals surface area contributed by atoms with Crippen molar-refractivity contribution in [2.75, 3.05) is 13.6 Å². The van der Waals surface area contributed by atoms with Gasteiger partial charge in [0.25, 0.3) is 0 Å². The fourth-order valence-electron chi connectivity index (χ4n) is 1.37. The Morgan fingerprint density at radius 1 is 1.47 bits per heavy atom. The molecule has 0 unspecified atom stereocenters. The van der Waals surface area contributed by atoms with Crippen LogP contribution in [0.15, 0.2) is 12.1 Å². The molecule has 6 heteroatoms. The lowest BCUT2D eigenvalue weighted by atomic mass is 10.3. The van der Waals surface area contributed by atoms with Gasteiger partial charge in [-0.15, -0.1) is 5.10 Å². The van der Waals surface area contributed by atoms with E-state index in [0.717, 1.165) is 5.69 Å². The lowest BCUT2D eigenvalue weighted by Crippen LogP contribution is -2.38. The van der Waals surface area contributed by atoms with E-state index in [0.29, 0.717) is 18.2 Å². The molecule has 0 saturated heterocycles. The third-order valence-electron chi connectivity index (χ3n) is 1.98. The Bertz CT molecular complexity index is 366. The molecule has 0 aliphatic rings. The zero-order chi connectivity index (χ0) is 12.8. The zero-order valence-electron chi connectivity index (χ0n) is 10.3. The fraction of sp³-hybridized carbons (Fsp3) is 0.545. The normalized spacial score (nSPS) is 10.9. The van der Waals surface area contributed by atoms with E-state index in [1.807, 2.05) is 25.8 Å². The standard InChI is InChI=1S/C11H17ClN4O/c1-8(2)13-11(17)7-16(3)6-9-4-5-10(12)15-14-9/h4-5,8H,6-7H2,1-3H3,(H,13,17). The smallest absolute Gasteiger partial charge is 0.234 e. The summed E-state index contributed by atoms with van der Waals surface area (Å²) in [5.74, 6) is 0.00410. The van der Waals surface area contributed by atoms with Crippen molar-refractivity contribution in [3.63, 3.8) is 0 Å². The molecule has 5 nitrogen and oxygen atoms in total. The maximum absolute atomic E-state index is 11.5. The third-order valence-corrected chi connectivity index (χ3v) is 2.18. The molecule has 1 aromatic rings. The monoisotopic (exact) mass is 256 g/mol. The van der Waals surface area contributed by atoms with E-state index in [1.165, 1.54) is 0 Å². The largest absolute Gasteiger partial charge is 0.353 e. The number of nitrogens with zero attached hydrogens (tertiary/aromatic N) is 3. The molecular weight excluding hydrogens is 240 g/mol. The van der Waals surface area contributed by atoms with Crippen molar-refractivity contribution in [2.24, 2.45) is 0 Å². The average Bonchev–Trinajstić information content (AvgIpc) is 2.19. The van der Waals surface area contributed by atoms with Crippen LogP contribution in [0.2, 0.25) is 5.15 Å². The molecule has 0 aliphatic heterocycles. The minimum Gasteiger partial charge on any atom is -0.353 e. The van der Waals surface area contributed by atoms with Crippen molar-refractivity contribution < 1.29 is 4.79 Å². The van der Waals surface area contributed by atoms with Gasteiger partial charge in [0.05, 0.1) is 12.2 Å². The Hall–Kier alpha value is -1.20. The first-order chi connectivity index (χ1) is 7.97. The minimum atomic E-state index is 0.00410. The van der Waals surface area contributed by atoms with Crippen LogP contribution in [0.3, 0.4) is 0 Å². The minimum absolute atomic E-state index is 0.00410. The summed E-state index contributed by atoms with van der Waals surface area (Å²) in [5, 5.41) is 10.9. The van der Waals surface area contributed by atoms with Gasteiger partial charge in [0.1, 0.15) is 0 Å². The molecule has 1 heterocycles. The van der Waals surface area contributed by atoms with Gasteiger partial charge >= 0.3 is 0 Å². The molecule has 0 aromatic carbocycles. The SMILES string of the molecule is CC(C)NC(=O)CN(C)Cc1ccc(Cl)nn1. The number of amides is 1. The number of aromatic nitrogens is 2. The Labute approximate surface area is 106 Å². The summed E-state index contributed by atoms with van der Waals surface area (Å²) in [7, 11) is 1.86. The van der Waals surface area contributed by atoms with Gasteiger partial charge in [0.2, 0.25) is 5.91 Å². The zero-order valence-corrected chi connectivity index (χ0v) is 11.0. The van der Waals surface area contributed by atoms with Crippen LogP contribution in [-0.4, -0.2) is 40.6 Å². The highest BCUT2D eigenvalue weighted by atomic mass is 35.5. The molecule has 0 fully saturated rings. The summed E-state index contributed by atoms with van der Waals surface area (Å²) >= 11 is 5.64. The molecule has 0 atom stereocenters. The second-order valence-electron chi connectivity index (χ2n) is 4.24. The van der Waals surface area contributed by atoms with E-state index in [4.69, 9.17) is 11.6 Å². The van der Waals surface area contributed by atoms with Crippen molar-refractivity contribution in [1.29, 1.82) is 0 Å². The van der Waals surface area contributed by atoms with E-state index in [9.17, 15) is 4.79 Å². The molecule has 0 spiro atoms. The number of nitrogens with one attached hydrogen (secondary N) is 1. The van der Waals surface area contributed by atoms with E-state index < -0.39 is 0 Å². The number of halogens is 1. The molecular formula is C11H17ClN4O. The topological polar surface area (TPSA) is 58.1 Å². The van der Waals surface area contributed by atoms with Crippen molar-refractivity contribution in [1.82, 2.24) is 20.4 Å². The fourth-order valence-corrected chi connectivity index (χ4v) is 1.47. The van der Waals surface area contributed by atoms with E-state index >= 15 is 0 Å². The Morgan fingerprint density at radius 3 is 2.71 bits per heavy atom. The molecule has 0 saturated carbocycles. The lowest BCUT2D eigenvalue weighted by molar-refractivity contribution is -0.122. The van der Waals surface area contributed by atoms with E-state index in [1.54, 1.807) is 12.1 Å². The molecule has 1 N–H and O–H groups in total. The Balaban J connectivity index is 2.41. The molecule has 17 heavy (non-hydrogen) atoms. The highest BCUT2D eigenvalue weighted by Crippen LogP contribution is 2.03. The lowest BCUT2D eigenvalue weighted by Gasteiger charge is -2.16. The first-order valence-corrected chi connectivity index (χ1v) is 5.81. The van der Waals surface area contributed by atoms with Crippen LogP contribution in [-0.2, 0) is 11.3 Å². The summed E-state index contributed by atoms with van der Waals surface area (Å²) in [6.45, 7) is 4.77. The van der Waals surface area contributed by atoms with E-state index in [-0.39, 0.29) is 11.9 Å². The first kappa shape index (κ1) is 13.9. The summed E-state index contributed by atoms with van der Waals surface area (Å²) in [5.41, 5.74) is 0.786. The van der Waals surface area contributed by atoms with Crippen LogP contribution in [0, 0.1) is 0 Å². The quantitative estimate of drug-likeness (QED) is 0.857. The first-order valence-electron chi connectivity index (χ1n) is 5.43. The maximum atomic E-state index is 11.5. The third kappa shape index (κ3) is 5.60. The highest BCUT2D eigenvalue weighted by molar-refractivity contribution is 6.29. The van der Waals surface area contributed by atoms with Crippen LogP contribution in [0.4, 0.5) is 0 Å². The van der Waals surface area contributed by atoms with Gasteiger partial charge in [0.15, 0.2) is 5.15 Å². The molecule has 94 valence electrons. The maximum Gasteiger partial charge on any atom is 0.234 e. The van der Waals surface area contributed by atoms with Gasteiger partial charge < -0.3 is 5.32 Å². The molecule has 0 aliphatic carbocycles. The highest BCUT2D eigenvalue weighted by Gasteiger charge is 2.08. The van der Waals surface area contributed by atoms with Crippen LogP contribution in [0.25, 0.3) is 0 Å². The van der Waals surface area contributed by atoms with Gasteiger partial charge in [-0.2, -0.15) is 5.10 Å². The Kier molecular flexibility index (Phi) is 5.31. The molecule has 1 rings (SSSR count). The van der Waals surface area contributed by atoms with Gasteiger partial charge in [-0.1, -0.05) is 11.6 Å². The molecule has 1 amide bonds. The number of hydrogen-bond donors (Lipinski definition) is 1. The van der Waals surface area contributed by atoms with Crippen molar-refractivity contribution in [3.05, 3.63) is 23.0 Å². The number of carbonyl (C=O) groups excluding carboxylic acids is 1. The summed E-state index contributed by atoms with van der Waals surface area (Å²) < 4.78 is 0. The van der Waals surface area contributed by atoms with Crippen LogP contribution in [0.1, 0.15) is 19.5 Å². The molecule has 0 bridgehead atoms. The van der Waals surface area contributed by atoms with Crippen molar-refractivity contribution >= 4 is 17.5 Å². The number of likely N-dealkylation sites (N-methyl/N-ethyl adjacent to an activating group) is 1. The van der Waals surface area contributed by atoms with Crippen molar-refractivity contribution in [2.45, 2.75) is 26.4 Å². The number of carbonyl (C=O) groups is 1. The second-order valence-corrected chi connectivity index (χ2v) is 4.63. The van der Waals surface area contributed by atoms with Gasteiger partial charge in [-0.3, -0.25) is 9.69 Å². The van der Waals surface area contributed by atoms with Gasteiger partial charge in [-0.25, -0.2) is 0 Å². The summed E-state index contributed by atoms with van der Waals surface area (Å²) in [6, 6.07) is 3.64.